The summed E-state index contributed by atoms with van der Waals surface area (Å²) in [6.07, 6.45) is 1.66. The zero-order valence-electron chi connectivity index (χ0n) is 11.2. The molecule has 0 amide bonds. The van der Waals surface area contributed by atoms with E-state index in [0.717, 1.165) is 0 Å². The molecule has 0 spiro atoms. The van der Waals surface area contributed by atoms with Crippen LogP contribution in [0, 0.1) is 5.82 Å². The zero-order chi connectivity index (χ0) is 13.2. The summed E-state index contributed by atoms with van der Waals surface area (Å²) in [6, 6.07) is 1.71. The van der Waals surface area contributed by atoms with Crippen LogP contribution in [0.15, 0.2) is 12.3 Å². The summed E-state index contributed by atoms with van der Waals surface area (Å²) < 4.78 is 19.9. The summed E-state index contributed by atoms with van der Waals surface area (Å²) in [5.74, 6) is 0.198. The van der Waals surface area contributed by atoms with Crippen molar-refractivity contribution in [2.45, 2.75) is 26.0 Å². The van der Waals surface area contributed by atoms with Gasteiger partial charge >= 0.3 is 0 Å². The Bertz CT molecular complexity index is 423. The summed E-state index contributed by atoms with van der Waals surface area (Å²) in [5.41, 5.74) is 0.387. The molecule has 0 atom stereocenters. The molecule has 1 aromatic heterocycles. The fourth-order valence-corrected chi connectivity index (χ4v) is 2.22. The lowest BCUT2D eigenvalue weighted by atomic mass is 10.1. The number of anilines is 1. The summed E-state index contributed by atoms with van der Waals surface area (Å²) in [6.45, 7) is 6.46. The van der Waals surface area contributed by atoms with E-state index in [1.807, 2.05) is 18.7 Å². The number of morpholine rings is 1. The molecule has 0 aliphatic carbocycles. The second kappa shape index (κ2) is 5.20. The third-order valence-electron chi connectivity index (χ3n) is 3.04. The summed E-state index contributed by atoms with van der Waals surface area (Å²) in [4.78, 5) is 6.13. The van der Waals surface area contributed by atoms with Crippen LogP contribution >= 0.6 is 0 Å². The molecular weight excluding hydrogens is 233 g/mol. The van der Waals surface area contributed by atoms with Gasteiger partial charge in [0.1, 0.15) is 0 Å². The van der Waals surface area contributed by atoms with Crippen LogP contribution in [0.25, 0.3) is 0 Å². The topological polar surface area (TPSA) is 37.4 Å². The number of aromatic nitrogens is 1. The van der Waals surface area contributed by atoms with Crippen LogP contribution in [-0.4, -0.2) is 37.3 Å². The van der Waals surface area contributed by atoms with Gasteiger partial charge in [0.25, 0.3) is 0 Å². The molecule has 1 aliphatic rings. The highest BCUT2D eigenvalue weighted by molar-refractivity contribution is 5.44. The molecule has 0 aromatic carbocycles. The fourth-order valence-electron chi connectivity index (χ4n) is 2.22. The van der Waals surface area contributed by atoms with Crippen LogP contribution in [0.5, 0.6) is 0 Å². The third-order valence-corrected chi connectivity index (χ3v) is 3.04. The molecule has 0 radical (unpaired) electrons. The second-order valence-corrected chi connectivity index (χ2v) is 5.17. The van der Waals surface area contributed by atoms with Crippen molar-refractivity contribution in [2.24, 2.45) is 0 Å². The van der Waals surface area contributed by atoms with Crippen molar-refractivity contribution in [3.05, 3.63) is 23.6 Å². The Morgan fingerprint density at radius 2 is 2.33 bits per heavy atom. The maximum Gasteiger partial charge on any atom is 0.170 e. The Morgan fingerprint density at radius 1 is 1.56 bits per heavy atom. The molecule has 2 heterocycles. The number of hydrogen-bond acceptors (Lipinski definition) is 4. The van der Waals surface area contributed by atoms with Crippen molar-refractivity contribution in [1.82, 2.24) is 10.3 Å². The average Bonchev–Trinajstić information content (AvgIpc) is 2.31. The Labute approximate surface area is 107 Å². The molecule has 18 heavy (non-hydrogen) atoms. The van der Waals surface area contributed by atoms with Gasteiger partial charge in [-0.25, -0.2) is 9.37 Å². The van der Waals surface area contributed by atoms with E-state index in [4.69, 9.17) is 4.74 Å². The first kappa shape index (κ1) is 13.2. The van der Waals surface area contributed by atoms with E-state index in [1.165, 1.54) is 0 Å². The van der Waals surface area contributed by atoms with Gasteiger partial charge in [0.2, 0.25) is 0 Å². The molecule has 1 fully saturated rings. The maximum absolute atomic E-state index is 14.3. The van der Waals surface area contributed by atoms with Crippen LogP contribution in [0.1, 0.15) is 19.4 Å². The van der Waals surface area contributed by atoms with Crippen molar-refractivity contribution in [3.63, 3.8) is 0 Å². The van der Waals surface area contributed by atoms with Gasteiger partial charge < -0.3 is 15.0 Å². The van der Waals surface area contributed by atoms with Crippen molar-refractivity contribution < 1.29 is 9.13 Å². The predicted octanol–water partition coefficient (Wildman–Crippen LogP) is 1.56. The van der Waals surface area contributed by atoms with Gasteiger partial charge in [-0.15, -0.1) is 0 Å². The highest BCUT2D eigenvalue weighted by atomic mass is 19.1. The van der Waals surface area contributed by atoms with Crippen LogP contribution in [-0.2, 0) is 11.3 Å². The van der Waals surface area contributed by atoms with Gasteiger partial charge in [-0.3, -0.25) is 0 Å². The van der Waals surface area contributed by atoms with Crippen LogP contribution in [0.4, 0.5) is 10.2 Å². The molecule has 1 N–H and O–H groups in total. The molecule has 4 nitrogen and oxygen atoms in total. The average molecular weight is 253 g/mol. The molecule has 5 heteroatoms. The van der Waals surface area contributed by atoms with Crippen LogP contribution in [0.2, 0.25) is 0 Å². The van der Waals surface area contributed by atoms with Crippen molar-refractivity contribution >= 4 is 5.82 Å². The molecule has 1 aromatic rings. The Kier molecular flexibility index (Phi) is 3.82. The van der Waals surface area contributed by atoms with Gasteiger partial charge in [-0.1, -0.05) is 0 Å². The number of nitrogens with zero attached hydrogens (tertiary/aromatic N) is 2. The minimum atomic E-state index is -0.259. The number of ether oxygens (including phenoxy) is 1. The molecule has 100 valence electrons. The third kappa shape index (κ3) is 2.79. The van der Waals surface area contributed by atoms with Gasteiger partial charge in [0, 0.05) is 31.4 Å². The molecule has 0 bridgehead atoms. The first-order valence-electron chi connectivity index (χ1n) is 6.20. The van der Waals surface area contributed by atoms with E-state index in [-0.39, 0.29) is 11.4 Å². The normalized spacial score (nSPS) is 19.0. The Morgan fingerprint density at radius 3 is 3.00 bits per heavy atom. The van der Waals surface area contributed by atoms with Gasteiger partial charge in [-0.05, 0) is 27.0 Å². The van der Waals surface area contributed by atoms with E-state index in [2.05, 4.69) is 10.3 Å². The van der Waals surface area contributed by atoms with Gasteiger partial charge in [0.15, 0.2) is 11.6 Å². The predicted molar refractivity (Wildman–Crippen MR) is 69.2 cm³/mol. The van der Waals surface area contributed by atoms with Crippen LogP contribution < -0.4 is 10.2 Å². The lowest BCUT2D eigenvalue weighted by Crippen LogP contribution is -2.49. The van der Waals surface area contributed by atoms with Crippen molar-refractivity contribution in [3.8, 4) is 0 Å². The zero-order valence-corrected chi connectivity index (χ0v) is 11.2. The minimum Gasteiger partial charge on any atom is -0.372 e. The first-order chi connectivity index (χ1) is 8.53. The lowest BCUT2D eigenvalue weighted by molar-refractivity contribution is -0.0280. The number of pyridine rings is 1. The number of nitrogens with one attached hydrogen (secondary N) is 1. The number of rotatable bonds is 3. The maximum atomic E-state index is 14.3. The quantitative estimate of drug-likeness (QED) is 0.887. The summed E-state index contributed by atoms with van der Waals surface area (Å²) >= 11 is 0. The van der Waals surface area contributed by atoms with E-state index in [1.54, 1.807) is 19.3 Å². The molecular formula is C13H20FN3O. The monoisotopic (exact) mass is 253 g/mol. The first-order valence-corrected chi connectivity index (χ1v) is 6.20. The van der Waals surface area contributed by atoms with Crippen LogP contribution in [0.3, 0.4) is 0 Å². The Balaban J connectivity index is 2.25. The van der Waals surface area contributed by atoms with E-state index in [0.29, 0.717) is 37.6 Å². The SMILES string of the molecule is CNCc1ccnc(N2CCOC(C)(C)C2)c1F. The summed E-state index contributed by atoms with van der Waals surface area (Å²) in [5, 5.41) is 2.96. The lowest BCUT2D eigenvalue weighted by Gasteiger charge is -2.39. The Hall–Kier alpha value is -1.20. The minimum absolute atomic E-state index is 0.232. The van der Waals surface area contributed by atoms with Gasteiger partial charge in [0.05, 0.1) is 12.2 Å². The number of halogens is 1. The molecule has 1 aliphatic heterocycles. The van der Waals surface area contributed by atoms with Crippen molar-refractivity contribution in [2.75, 3.05) is 31.6 Å². The summed E-state index contributed by atoms with van der Waals surface area (Å²) in [7, 11) is 1.80. The molecule has 2 rings (SSSR count). The fraction of sp³-hybridized carbons (Fsp3) is 0.615. The standard InChI is InChI=1S/C13H20FN3O/c1-13(2)9-17(6-7-18-13)12-11(14)10(8-15-3)4-5-16-12/h4-5,15H,6-9H2,1-3H3. The smallest absolute Gasteiger partial charge is 0.170 e. The molecule has 0 saturated carbocycles. The van der Waals surface area contributed by atoms with E-state index in [9.17, 15) is 4.39 Å². The molecule has 0 unspecified atom stereocenters. The highest BCUT2D eigenvalue weighted by Gasteiger charge is 2.29. The molecule has 1 saturated heterocycles. The van der Waals surface area contributed by atoms with E-state index < -0.39 is 0 Å². The van der Waals surface area contributed by atoms with Crippen molar-refractivity contribution in [1.29, 1.82) is 0 Å². The highest BCUT2D eigenvalue weighted by Crippen LogP contribution is 2.25. The van der Waals surface area contributed by atoms with Gasteiger partial charge in [-0.2, -0.15) is 0 Å². The van der Waals surface area contributed by atoms with E-state index >= 15 is 0 Å². The largest absolute Gasteiger partial charge is 0.372 e. The number of hydrogen-bond donors (Lipinski definition) is 1. The second-order valence-electron chi connectivity index (χ2n) is 5.17.